The van der Waals surface area contributed by atoms with Crippen LogP contribution in [0.2, 0.25) is 0 Å². The number of rotatable bonds is 3. The van der Waals surface area contributed by atoms with Crippen molar-refractivity contribution in [3.05, 3.63) is 58.6 Å². The Balaban J connectivity index is 1.87. The van der Waals surface area contributed by atoms with Gasteiger partial charge in [-0.05, 0) is 66.0 Å². The third-order valence-corrected chi connectivity index (χ3v) is 5.90. The molecule has 2 unspecified atom stereocenters. The zero-order chi connectivity index (χ0) is 16.0. The molecule has 1 fully saturated rings. The number of hydrogen-bond donors (Lipinski definition) is 0. The summed E-state index contributed by atoms with van der Waals surface area (Å²) in [6.07, 6.45) is 9.64. The summed E-state index contributed by atoms with van der Waals surface area (Å²) in [5, 5.41) is 0. The lowest BCUT2D eigenvalue weighted by atomic mass is 9.71. The summed E-state index contributed by atoms with van der Waals surface area (Å²) in [5.41, 5.74) is 6.46. The molecule has 2 aliphatic carbocycles. The first-order valence-electron chi connectivity index (χ1n) is 8.57. The molecule has 0 nitrogen and oxygen atoms in total. The molecule has 0 N–H and O–H groups in total. The van der Waals surface area contributed by atoms with Crippen LogP contribution in [0.5, 0.6) is 0 Å². The van der Waals surface area contributed by atoms with Gasteiger partial charge < -0.3 is 0 Å². The molecule has 1 aromatic rings. The van der Waals surface area contributed by atoms with Crippen molar-refractivity contribution in [2.45, 2.75) is 64.2 Å². The van der Waals surface area contributed by atoms with Crippen LogP contribution in [0.15, 0.2) is 41.9 Å². The van der Waals surface area contributed by atoms with Gasteiger partial charge in [-0.2, -0.15) is 0 Å². The molecule has 1 aromatic carbocycles. The largest absolute Gasteiger partial charge is 0.129 e. The molecule has 3 rings (SSSR count). The maximum absolute atomic E-state index is 5.55. The van der Waals surface area contributed by atoms with E-state index in [9.17, 15) is 0 Å². The standard InChI is InChI=1S/C21H27B/c1-15(14-22)7-9-18-13-21(18,4)17-10-8-16-6-5-11-20(2,3)19(16)12-17/h7-10,12,14,18H,5-6,11,13H2,1-4H3/b9-7+,15-14+. The van der Waals surface area contributed by atoms with Gasteiger partial charge in [0.15, 0.2) is 0 Å². The summed E-state index contributed by atoms with van der Waals surface area (Å²) in [6, 6.07) is 7.27. The molecular formula is C21H27B. The third-order valence-electron chi connectivity index (χ3n) is 5.90. The zero-order valence-corrected chi connectivity index (χ0v) is 14.4. The minimum absolute atomic E-state index is 0.313. The van der Waals surface area contributed by atoms with Crippen molar-refractivity contribution in [3.63, 3.8) is 0 Å². The fourth-order valence-corrected chi connectivity index (χ4v) is 3.97. The molecule has 1 heteroatoms. The molecule has 2 radical (unpaired) electrons. The molecule has 0 saturated heterocycles. The summed E-state index contributed by atoms with van der Waals surface area (Å²) in [5.74, 6) is 2.32. The summed E-state index contributed by atoms with van der Waals surface area (Å²) in [7, 11) is 5.55. The van der Waals surface area contributed by atoms with E-state index in [1.807, 2.05) is 0 Å². The highest BCUT2D eigenvalue weighted by molar-refractivity contribution is 6.17. The SMILES string of the molecule is [B]/C=C(C)/C=C/C1CC1(C)c1ccc2c(c1)C(C)(C)CCC2. The average Bonchev–Trinajstić information content (AvgIpc) is 3.16. The van der Waals surface area contributed by atoms with Crippen molar-refractivity contribution in [2.24, 2.45) is 5.92 Å². The van der Waals surface area contributed by atoms with E-state index in [0.717, 1.165) is 5.57 Å². The second-order valence-electron chi connectivity index (χ2n) is 8.11. The van der Waals surface area contributed by atoms with Crippen molar-refractivity contribution in [3.8, 4) is 0 Å². The Morgan fingerprint density at radius 2 is 2.05 bits per heavy atom. The molecule has 1 saturated carbocycles. The van der Waals surface area contributed by atoms with Crippen LogP contribution >= 0.6 is 0 Å². The topological polar surface area (TPSA) is 0 Å². The van der Waals surface area contributed by atoms with Gasteiger partial charge in [0.25, 0.3) is 0 Å². The second kappa shape index (κ2) is 5.44. The van der Waals surface area contributed by atoms with Gasteiger partial charge in [0.2, 0.25) is 0 Å². The molecule has 2 aliphatic rings. The van der Waals surface area contributed by atoms with Crippen LogP contribution in [0.25, 0.3) is 0 Å². The van der Waals surface area contributed by atoms with Crippen molar-refractivity contribution in [1.29, 1.82) is 0 Å². The second-order valence-corrected chi connectivity index (χ2v) is 8.11. The van der Waals surface area contributed by atoms with Gasteiger partial charge in [-0.15, -0.1) is 5.98 Å². The van der Waals surface area contributed by atoms with Gasteiger partial charge in [-0.25, -0.2) is 0 Å². The monoisotopic (exact) mass is 290 g/mol. The smallest absolute Gasteiger partial charge is 0.103 e. The van der Waals surface area contributed by atoms with Crippen LogP contribution in [0.3, 0.4) is 0 Å². The van der Waals surface area contributed by atoms with Crippen LogP contribution in [-0.4, -0.2) is 7.85 Å². The fraction of sp³-hybridized carbons (Fsp3) is 0.524. The number of hydrogen-bond acceptors (Lipinski definition) is 0. The lowest BCUT2D eigenvalue weighted by Gasteiger charge is -2.33. The Labute approximate surface area is 137 Å². The minimum Gasteiger partial charge on any atom is -0.129 e. The van der Waals surface area contributed by atoms with Crippen molar-refractivity contribution in [1.82, 2.24) is 0 Å². The average molecular weight is 290 g/mol. The number of aryl methyl sites for hydroxylation is 1. The van der Waals surface area contributed by atoms with E-state index in [1.54, 1.807) is 17.1 Å². The Morgan fingerprint density at radius 3 is 2.77 bits per heavy atom. The predicted molar refractivity (Wildman–Crippen MR) is 96.5 cm³/mol. The summed E-state index contributed by atoms with van der Waals surface area (Å²) in [4.78, 5) is 0. The maximum Gasteiger partial charge on any atom is 0.103 e. The predicted octanol–water partition coefficient (Wildman–Crippen LogP) is 5.21. The van der Waals surface area contributed by atoms with Crippen molar-refractivity contribution in [2.75, 3.05) is 0 Å². The molecule has 114 valence electrons. The van der Waals surface area contributed by atoms with Gasteiger partial charge in [-0.1, -0.05) is 56.7 Å². The van der Waals surface area contributed by atoms with Gasteiger partial charge >= 0.3 is 0 Å². The molecule has 22 heavy (non-hydrogen) atoms. The number of benzene rings is 1. The van der Waals surface area contributed by atoms with Crippen LogP contribution < -0.4 is 0 Å². The molecule has 0 aliphatic heterocycles. The molecule has 2 atom stereocenters. The van der Waals surface area contributed by atoms with Crippen LogP contribution in [-0.2, 0) is 17.3 Å². The van der Waals surface area contributed by atoms with Crippen LogP contribution in [0, 0.1) is 5.92 Å². The zero-order valence-electron chi connectivity index (χ0n) is 14.4. The van der Waals surface area contributed by atoms with Gasteiger partial charge in [0.1, 0.15) is 7.85 Å². The molecule has 0 amide bonds. The molecule has 0 spiro atoms. The van der Waals surface area contributed by atoms with E-state index in [-0.39, 0.29) is 0 Å². The van der Waals surface area contributed by atoms with E-state index >= 15 is 0 Å². The first kappa shape index (κ1) is 15.7. The summed E-state index contributed by atoms with van der Waals surface area (Å²) in [6.45, 7) is 9.26. The first-order chi connectivity index (χ1) is 10.4. The number of allylic oxidation sites excluding steroid dienone is 3. The molecule has 0 bridgehead atoms. The Bertz CT molecular complexity index is 635. The maximum atomic E-state index is 5.55. The lowest BCUT2D eigenvalue weighted by Crippen LogP contribution is -2.24. The van der Waals surface area contributed by atoms with Crippen LogP contribution in [0.1, 0.15) is 63.6 Å². The molecular weight excluding hydrogens is 263 g/mol. The Kier molecular flexibility index (Phi) is 3.87. The fourth-order valence-electron chi connectivity index (χ4n) is 3.97. The van der Waals surface area contributed by atoms with Gasteiger partial charge in [-0.3, -0.25) is 0 Å². The van der Waals surface area contributed by atoms with E-state index in [4.69, 9.17) is 7.85 Å². The van der Waals surface area contributed by atoms with E-state index in [1.165, 1.54) is 31.2 Å². The third kappa shape index (κ3) is 2.71. The molecule has 0 heterocycles. The van der Waals surface area contributed by atoms with Crippen molar-refractivity contribution < 1.29 is 0 Å². The summed E-state index contributed by atoms with van der Waals surface area (Å²) < 4.78 is 0. The Hall–Kier alpha value is -1.24. The molecule has 0 aromatic heterocycles. The first-order valence-corrected chi connectivity index (χ1v) is 8.57. The van der Waals surface area contributed by atoms with E-state index in [0.29, 0.717) is 16.7 Å². The minimum atomic E-state index is 0.313. The van der Waals surface area contributed by atoms with E-state index < -0.39 is 0 Å². The highest BCUT2D eigenvalue weighted by Crippen LogP contribution is 2.55. The van der Waals surface area contributed by atoms with Crippen LogP contribution in [0.4, 0.5) is 0 Å². The highest BCUT2D eigenvalue weighted by atomic mass is 14.5. The highest BCUT2D eigenvalue weighted by Gasteiger charge is 2.49. The Morgan fingerprint density at radius 1 is 1.27 bits per heavy atom. The van der Waals surface area contributed by atoms with Gasteiger partial charge in [0, 0.05) is 0 Å². The normalized spacial score (nSPS) is 30.4. The lowest BCUT2D eigenvalue weighted by molar-refractivity contribution is 0.431. The van der Waals surface area contributed by atoms with Gasteiger partial charge in [0.05, 0.1) is 0 Å². The summed E-state index contributed by atoms with van der Waals surface area (Å²) >= 11 is 0. The van der Waals surface area contributed by atoms with Crippen molar-refractivity contribution >= 4 is 7.85 Å². The number of fused-ring (bicyclic) bond motifs is 1. The quantitative estimate of drug-likeness (QED) is 0.529. The van der Waals surface area contributed by atoms with E-state index in [2.05, 4.69) is 58.0 Å².